The third kappa shape index (κ3) is 2.76. The van der Waals surface area contributed by atoms with Crippen molar-refractivity contribution in [2.75, 3.05) is 11.1 Å². The van der Waals surface area contributed by atoms with E-state index in [2.05, 4.69) is 21.5 Å². The molecular weight excluding hydrogens is 294 g/mol. The van der Waals surface area contributed by atoms with Gasteiger partial charge in [-0.3, -0.25) is 0 Å². The highest BCUT2D eigenvalue weighted by molar-refractivity contribution is 7.99. The minimum absolute atomic E-state index is 0.541. The first-order valence-electron chi connectivity index (χ1n) is 7.02. The lowest BCUT2D eigenvalue weighted by Crippen LogP contribution is -2.09. The lowest BCUT2D eigenvalue weighted by molar-refractivity contribution is 0.897. The van der Waals surface area contributed by atoms with Crippen LogP contribution in [-0.2, 0) is 6.54 Å². The molecule has 0 saturated carbocycles. The summed E-state index contributed by atoms with van der Waals surface area (Å²) in [5.74, 6) is 1.56. The summed E-state index contributed by atoms with van der Waals surface area (Å²) in [6, 6.07) is 14.2. The van der Waals surface area contributed by atoms with Crippen molar-refractivity contribution in [3.05, 3.63) is 53.7 Å². The average molecular weight is 309 g/mol. The smallest absolute Gasteiger partial charge is 0.158 e. The van der Waals surface area contributed by atoms with Gasteiger partial charge >= 0.3 is 0 Å². The van der Waals surface area contributed by atoms with E-state index in [1.54, 1.807) is 22.5 Å². The molecule has 0 aliphatic rings. The van der Waals surface area contributed by atoms with Gasteiger partial charge in [-0.15, -0.1) is 11.8 Å². The van der Waals surface area contributed by atoms with E-state index in [-0.39, 0.29) is 0 Å². The van der Waals surface area contributed by atoms with Gasteiger partial charge in [-0.05, 0) is 11.3 Å². The molecule has 2 heterocycles. The second-order valence-electron chi connectivity index (χ2n) is 4.63. The van der Waals surface area contributed by atoms with Crippen molar-refractivity contribution in [3.63, 3.8) is 0 Å². The van der Waals surface area contributed by atoms with Crippen LogP contribution in [-0.4, -0.2) is 20.4 Å². The molecule has 1 aromatic carbocycles. The lowest BCUT2D eigenvalue weighted by Gasteiger charge is -2.12. The lowest BCUT2D eigenvalue weighted by atomic mass is 10.2. The monoisotopic (exact) mass is 309 g/mol. The fourth-order valence-corrected chi connectivity index (χ4v) is 2.93. The Kier molecular flexibility index (Phi) is 4.26. The summed E-state index contributed by atoms with van der Waals surface area (Å²) in [6.07, 6.45) is 1.69. The second-order valence-corrected chi connectivity index (χ2v) is 5.88. The Hall–Kier alpha value is -2.52. The highest BCUT2D eigenvalue weighted by Gasteiger charge is 2.15. The van der Waals surface area contributed by atoms with Crippen molar-refractivity contribution in [1.29, 1.82) is 5.26 Å². The number of nitrogens with one attached hydrogen (secondary N) is 1. The second kappa shape index (κ2) is 6.50. The number of hydrogen-bond acceptors (Lipinski definition) is 5. The minimum atomic E-state index is 0.541. The molecule has 0 radical (unpaired) electrons. The number of hydrogen-bond donors (Lipinski definition) is 1. The Bertz CT molecular complexity index is 820. The minimum Gasteiger partial charge on any atom is -0.365 e. The van der Waals surface area contributed by atoms with Crippen LogP contribution >= 0.6 is 11.8 Å². The Morgan fingerprint density at radius 2 is 2.09 bits per heavy atom. The van der Waals surface area contributed by atoms with Gasteiger partial charge in [0.15, 0.2) is 11.5 Å². The normalized spacial score (nSPS) is 10.5. The molecule has 110 valence electrons. The summed E-state index contributed by atoms with van der Waals surface area (Å²) < 4.78 is 1.68. The number of aromatic nitrogens is 3. The average Bonchev–Trinajstić information content (AvgIpc) is 3.01. The van der Waals surface area contributed by atoms with Crippen molar-refractivity contribution in [2.24, 2.45) is 0 Å². The van der Waals surface area contributed by atoms with Crippen LogP contribution in [0.25, 0.3) is 5.65 Å². The predicted molar refractivity (Wildman–Crippen MR) is 87.9 cm³/mol. The van der Waals surface area contributed by atoms with Crippen molar-refractivity contribution in [2.45, 2.75) is 18.5 Å². The number of nitrogens with zero attached hydrogens (tertiary/aromatic N) is 4. The van der Waals surface area contributed by atoms with Crippen LogP contribution in [0.1, 0.15) is 18.1 Å². The van der Waals surface area contributed by atoms with Gasteiger partial charge in [0.2, 0.25) is 0 Å². The zero-order chi connectivity index (χ0) is 15.4. The van der Waals surface area contributed by atoms with E-state index < -0.39 is 0 Å². The molecule has 0 fully saturated rings. The largest absolute Gasteiger partial charge is 0.365 e. The molecular formula is C16H15N5S. The maximum Gasteiger partial charge on any atom is 0.158 e. The number of nitriles is 1. The zero-order valence-electron chi connectivity index (χ0n) is 12.2. The van der Waals surface area contributed by atoms with Crippen molar-refractivity contribution < 1.29 is 0 Å². The molecule has 0 saturated heterocycles. The quantitative estimate of drug-likeness (QED) is 0.578. The Morgan fingerprint density at radius 3 is 2.82 bits per heavy atom. The van der Waals surface area contributed by atoms with Crippen molar-refractivity contribution in [3.8, 4) is 6.07 Å². The Morgan fingerprint density at radius 1 is 1.27 bits per heavy atom. The summed E-state index contributed by atoms with van der Waals surface area (Å²) in [5, 5.41) is 17.9. The van der Waals surface area contributed by atoms with Gasteiger partial charge in [0.05, 0.1) is 6.20 Å². The first-order valence-corrected chi connectivity index (χ1v) is 8.00. The number of benzene rings is 1. The molecule has 0 amide bonds. The maximum absolute atomic E-state index is 9.54. The maximum atomic E-state index is 9.54. The molecule has 22 heavy (non-hydrogen) atoms. The zero-order valence-corrected chi connectivity index (χ0v) is 13.0. The third-order valence-electron chi connectivity index (χ3n) is 3.20. The van der Waals surface area contributed by atoms with Crippen molar-refractivity contribution in [1.82, 2.24) is 14.6 Å². The van der Waals surface area contributed by atoms with Crippen LogP contribution in [0.2, 0.25) is 0 Å². The summed E-state index contributed by atoms with van der Waals surface area (Å²) in [6.45, 7) is 2.68. The molecule has 0 unspecified atom stereocenters. The van der Waals surface area contributed by atoms with Gasteiger partial charge in [-0.25, -0.2) is 4.98 Å². The third-order valence-corrected chi connectivity index (χ3v) is 4.05. The molecule has 3 rings (SSSR count). The SMILES string of the molecule is CCSc1nc2ccnn2c(NCc2ccccc2)c1C#N. The van der Waals surface area contributed by atoms with E-state index in [9.17, 15) is 5.26 Å². The molecule has 0 aliphatic heterocycles. The predicted octanol–water partition coefficient (Wildman–Crippen LogP) is 3.33. The number of fused-ring (bicyclic) bond motifs is 1. The van der Waals surface area contributed by atoms with E-state index in [0.717, 1.165) is 22.0 Å². The highest BCUT2D eigenvalue weighted by Crippen LogP contribution is 2.27. The summed E-state index contributed by atoms with van der Waals surface area (Å²) in [7, 11) is 0. The molecule has 5 nitrogen and oxygen atoms in total. The van der Waals surface area contributed by atoms with Gasteiger partial charge in [0.1, 0.15) is 16.7 Å². The van der Waals surface area contributed by atoms with Crippen LogP contribution in [0.3, 0.4) is 0 Å². The van der Waals surface area contributed by atoms with Crippen molar-refractivity contribution >= 4 is 23.2 Å². The topological polar surface area (TPSA) is 66.0 Å². The van der Waals surface area contributed by atoms with Crippen LogP contribution in [0.15, 0.2) is 47.6 Å². The number of anilines is 1. The molecule has 0 bridgehead atoms. The van der Waals surface area contributed by atoms with E-state index in [4.69, 9.17) is 0 Å². The van der Waals surface area contributed by atoms with E-state index >= 15 is 0 Å². The van der Waals surface area contributed by atoms with Gasteiger partial charge in [0.25, 0.3) is 0 Å². The molecule has 3 aromatic rings. The van der Waals surface area contributed by atoms with E-state index in [0.29, 0.717) is 17.9 Å². The first-order chi connectivity index (χ1) is 10.8. The Labute approximate surface area is 133 Å². The number of rotatable bonds is 5. The summed E-state index contributed by atoms with van der Waals surface area (Å²) >= 11 is 1.57. The fourth-order valence-electron chi connectivity index (χ4n) is 2.21. The van der Waals surface area contributed by atoms with Crippen LogP contribution in [0, 0.1) is 11.3 Å². The standard InChI is InChI=1S/C16H15N5S/c1-2-22-16-13(10-17)15(21-14(20-16)8-9-19-21)18-11-12-6-4-3-5-7-12/h3-9,18H,2,11H2,1H3. The molecule has 0 aliphatic carbocycles. The van der Waals surface area contributed by atoms with Gasteiger partial charge in [-0.2, -0.15) is 14.9 Å². The van der Waals surface area contributed by atoms with Crippen LogP contribution < -0.4 is 5.32 Å². The van der Waals surface area contributed by atoms with Crippen LogP contribution in [0.4, 0.5) is 5.82 Å². The summed E-state index contributed by atoms with van der Waals surface area (Å²) in [5.41, 5.74) is 2.43. The van der Waals surface area contributed by atoms with Gasteiger partial charge < -0.3 is 5.32 Å². The molecule has 1 N–H and O–H groups in total. The molecule has 2 aromatic heterocycles. The number of thioether (sulfide) groups is 1. The molecule has 0 spiro atoms. The molecule has 6 heteroatoms. The van der Waals surface area contributed by atoms with E-state index in [1.165, 1.54) is 0 Å². The van der Waals surface area contributed by atoms with Crippen LogP contribution in [0.5, 0.6) is 0 Å². The Balaban J connectivity index is 2.02. The van der Waals surface area contributed by atoms with Gasteiger partial charge in [0, 0.05) is 12.6 Å². The fraction of sp³-hybridized carbons (Fsp3) is 0.188. The first kappa shape index (κ1) is 14.4. The van der Waals surface area contributed by atoms with Gasteiger partial charge in [-0.1, -0.05) is 37.3 Å². The molecule has 0 atom stereocenters. The highest BCUT2D eigenvalue weighted by atomic mass is 32.2. The summed E-state index contributed by atoms with van der Waals surface area (Å²) in [4.78, 5) is 4.51. The van der Waals surface area contributed by atoms with E-state index in [1.807, 2.05) is 43.3 Å².